The number of carbonyl (C=O) groups is 2. The number of carboxylic acid groups (broad SMARTS) is 1. The number of nitrogens with one attached hydrogen (secondary N) is 1. The molecule has 0 radical (unpaired) electrons. The van der Waals surface area contributed by atoms with Gasteiger partial charge < -0.3 is 9.84 Å². The van der Waals surface area contributed by atoms with E-state index < -0.39 is 22.0 Å². The molecule has 0 aliphatic rings. The van der Waals surface area contributed by atoms with Crippen LogP contribution in [0.15, 0.2) is 23.1 Å². The molecule has 0 spiro atoms. The summed E-state index contributed by atoms with van der Waals surface area (Å²) in [5, 5.41) is 8.50. The topological polar surface area (TPSA) is 110 Å². The Kier molecular flexibility index (Phi) is 5.49. The SMILES string of the molecule is COC(=O)c1cc(Cl)cc(S(=O)(=O)NCCC(=O)O)c1. The predicted molar refractivity (Wildman–Crippen MR) is 70.2 cm³/mol. The van der Waals surface area contributed by atoms with E-state index >= 15 is 0 Å². The molecule has 7 nitrogen and oxygen atoms in total. The predicted octanol–water partition coefficient (Wildman–Crippen LogP) is 0.880. The third-order valence-corrected chi connectivity index (χ3v) is 3.89. The molecule has 0 aliphatic carbocycles. The first kappa shape index (κ1) is 16.4. The van der Waals surface area contributed by atoms with E-state index in [4.69, 9.17) is 16.7 Å². The highest BCUT2D eigenvalue weighted by Crippen LogP contribution is 2.19. The number of benzene rings is 1. The van der Waals surface area contributed by atoms with Crippen molar-refractivity contribution in [1.29, 1.82) is 0 Å². The first-order chi connectivity index (χ1) is 9.26. The Balaban J connectivity index is 3.03. The summed E-state index contributed by atoms with van der Waals surface area (Å²) >= 11 is 5.75. The van der Waals surface area contributed by atoms with E-state index in [1.54, 1.807) is 0 Å². The van der Waals surface area contributed by atoms with E-state index in [9.17, 15) is 18.0 Å². The fraction of sp³-hybridized carbons (Fsp3) is 0.273. The van der Waals surface area contributed by atoms with Gasteiger partial charge in [-0.3, -0.25) is 4.79 Å². The summed E-state index contributed by atoms with van der Waals surface area (Å²) in [5.74, 6) is -1.86. The Morgan fingerprint density at radius 3 is 2.55 bits per heavy atom. The molecule has 0 saturated heterocycles. The van der Waals surface area contributed by atoms with Gasteiger partial charge in [-0.25, -0.2) is 17.9 Å². The molecule has 0 aromatic heterocycles. The van der Waals surface area contributed by atoms with Crippen LogP contribution in [0.2, 0.25) is 5.02 Å². The van der Waals surface area contributed by atoms with Gasteiger partial charge in [-0.05, 0) is 18.2 Å². The molecular formula is C11H12ClNO6S. The van der Waals surface area contributed by atoms with Gasteiger partial charge in [-0.2, -0.15) is 0 Å². The lowest BCUT2D eigenvalue weighted by atomic mass is 10.2. The van der Waals surface area contributed by atoms with E-state index in [1.807, 2.05) is 0 Å². The second-order valence-electron chi connectivity index (χ2n) is 3.71. The number of ether oxygens (including phenoxy) is 1. The van der Waals surface area contributed by atoms with Crippen LogP contribution in [-0.2, 0) is 19.6 Å². The van der Waals surface area contributed by atoms with Crippen LogP contribution in [0.25, 0.3) is 0 Å². The molecule has 0 heterocycles. The molecule has 20 heavy (non-hydrogen) atoms. The second kappa shape index (κ2) is 6.69. The number of carboxylic acids is 1. The zero-order chi connectivity index (χ0) is 15.3. The van der Waals surface area contributed by atoms with Crippen molar-refractivity contribution < 1.29 is 27.9 Å². The highest BCUT2D eigenvalue weighted by Gasteiger charge is 2.18. The van der Waals surface area contributed by atoms with Crippen molar-refractivity contribution in [3.63, 3.8) is 0 Å². The van der Waals surface area contributed by atoms with Crippen molar-refractivity contribution in [3.05, 3.63) is 28.8 Å². The monoisotopic (exact) mass is 321 g/mol. The minimum Gasteiger partial charge on any atom is -0.481 e. The summed E-state index contributed by atoms with van der Waals surface area (Å²) in [7, 11) is -2.79. The smallest absolute Gasteiger partial charge is 0.337 e. The van der Waals surface area contributed by atoms with E-state index in [0.29, 0.717) is 0 Å². The quantitative estimate of drug-likeness (QED) is 0.753. The van der Waals surface area contributed by atoms with E-state index in [2.05, 4.69) is 9.46 Å². The molecule has 0 unspecified atom stereocenters. The van der Waals surface area contributed by atoms with Crippen molar-refractivity contribution >= 4 is 33.6 Å². The van der Waals surface area contributed by atoms with E-state index in [0.717, 1.165) is 19.2 Å². The van der Waals surface area contributed by atoms with E-state index in [1.165, 1.54) is 6.07 Å². The minimum atomic E-state index is -3.95. The molecule has 1 aromatic carbocycles. The van der Waals surface area contributed by atoms with E-state index in [-0.39, 0.29) is 28.4 Å². The zero-order valence-electron chi connectivity index (χ0n) is 10.4. The largest absolute Gasteiger partial charge is 0.481 e. The van der Waals surface area contributed by atoms with Crippen molar-refractivity contribution in [2.75, 3.05) is 13.7 Å². The van der Waals surface area contributed by atoms with Gasteiger partial charge in [-0.15, -0.1) is 0 Å². The van der Waals surface area contributed by atoms with Gasteiger partial charge in [0.25, 0.3) is 0 Å². The molecule has 9 heteroatoms. The summed E-state index contributed by atoms with van der Waals surface area (Å²) in [5.41, 5.74) is -0.0152. The molecule has 0 bridgehead atoms. The van der Waals surface area contributed by atoms with Gasteiger partial charge in [0.05, 0.1) is 24.0 Å². The fourth-order valence-corrected chi connectivity index (χ4v) is 2.73. The number of hydrogen-bond donors (Lipinski definition) is 2. The standard InChI is InChI=1S/C11H12ClNO6S/c1-19-11(16)7-4-8(12)6-9(5-7)20(17,18)13-3-2-10(14)15/h4-6,13H,2-3H2,1H3,(H,14,15). The van der Waals surface area contributed by atoms with Crippen LogP contribution in [0.1, 0.15) is 16.8 Å². The van der Waals surface area contributed by atoms with Crippen molar-refractivity contribution in [2.24, 2.45) is 0 Å². The lowest BCUT2D eigenvalue weighted by Gasteiger charge is -2.08. The average Bonchev–Trinajstić information content (AvgIpc) is 2.36. The van der Waals surface area contributed by atoms with Crippen LogP contribution in [0.3, 0.4) is 0 Å². The van der Waals surface area contributed by atoms with Gasteiger partial charge in [0, 0.05) is 11.6 Å². The Bertz CT molecular complexity index is 628. The second-order valence-corrected chi connectivity index (χ2v) is 5.91. The highest BCUT2D eigenvalue weighted by molar-refractivity contribution is 7.89. The number of halogens is 1. The molecule has 0 aliphatic heterocycles. The number of aliphatic carboxylic acids is 1. The number of sulfonamides is 1. The summed E-state index contributed by atoms with van der Waals surface area (Å²) in [4.78, 5) is 21.5. The molecule has 0 amide bonds. The van der Waals surface area contributed by atoms with Crippen molar-refractivity contribution in [1.82, 2.24) is 4.72 Å². The zero-order valence-corrected chi connectivity index (χ0v) is 12.0. The molecule has 2 N–H and O–H groups in total. The molecular weight excluding hydrogens is 310 g/mol. The lowest BCUT2D eigenvalue weighted by Crippen LogP contribution is -2.26. The average molecular weight is 322 g/mol. The van der Waals surface area contributed by atoms with Gasteiger partial charge in [0.2, 0.25) is 10.0 Å². The van der Waals surface area contributed by atoms with Crippen molar-refractivity contribution in [2.45, 2.75) is 11.3 Å². The van der Waals surface area contributed by atoms with Crippen LogP contribution >= 0.6 is 11.6 Å². The number of rotatable bonds is 6. The van der Waals surface area contributed by atoms with Gasteiger partial charge >= 0.3 is 11.9 Å². The molecule has 1 aromatic rings. The highest BCUT2D eigenvalue weighted by atomic mass is 35.5. The Hall–Kier alpha value is -1.64. The molecule has 0 saturated carbocycles. The Morgan fingerprint density at radius 2 is 2.00 bits per heavy atom. The maximum Gasteiger partial charge on any atom is 0.337 e. The first-order valence-electron chi connectivity index (χ1n) is 5.36. The molecule has 0 atom stereocenters. The van der Waals surface area contributed by atoms with Gasteiger partial charge in [-0.1, -0.05) is 11.6 Å². The van der Waals surface area contributed by atoms with Crippen LogP contribution in [0, 0.1) is 0 Å². The van der Waals surface area contributed by atoms with Crippen LogP contribution in [-0.4, -0.2) is 39.1 Å². The Labute approximate surface area is 120 Å². The third-order valence-electron chi connectivity index (χ3n) is 2.23. The van der Waals surface area contributed by atoms with Crippen LogP contribution in [0.5, 0.6) is 0 Å². The number of esters is 1. The Morgan fingerprint density at radius 1 is 1.35 bits per heavy atom. The summed E-state index contributed by atoms with van der Waals surface area (Å²) < 4.78 is 30.4. The first-order valence-corrected chi connectivity index (χ1v) is 7.23. The third kappa shape index (κ3) is 4.48. The number of methoxy groups -OCH3 is 1. The summed E-state index contributed by atoms with van der Waals surface area (Å²) in [6.07, 6.45) is -0.357. The minimum absolute atomic E-state index is 0.0152. The fourth-order valence-electron chi connectivity index (χ4n) is 1.33. The maximum atomic E-state index is 11.9. The summed E-state index contributed by atoms with van der Waals surface area (Å²) in [6.45, 7) is -0.266. The summed E-state index contributed by atoms with van der Waals surface area (Å²) in [6, 6.07) is 3.52. The van der Waals surface area contributed by atoms with Crippen LogP contribution in [0.4, 0.5) is 0 Å². The normalized spacial score (nSPS) is 11.1. The van der Waals surface area contributed by atoms with Gasteiger partial charge in [0.15, 0.2) is 0 Å². The number of carbonyl (C=O) groups excluding carboxylic acids is 1. The van der Waals surface area contributed by atoms with Crippen LogP contribution < -0.4 is 4.72 Å². The molecule has 0 fully saturated rings. The molecule has 110 valence electrons. The number of hydrogen-bond acceptors (Lipinski definition) is 5. The maximum absolute atomic E-state index is 11.9. The van der Waals surface area contributed by atoms with Gasteiger partial charge in [0.1, 0.15) is 0 Å². The molecule has 1 rings (SSSR count). The lowest BCUT2D eigenvalue weighted by molar-refractivity contribution is -0.136. The van der Waals surface area contributed by atoms with Crippen molar-refractivity contribution in [3.8, 4) is 0 Å².